The zero-order valence-electron chi connectivity index (χ0n) is 11.0. The fourth-order valence-electron chi connectivity index (χ4n) is 1.75. The zero-order valence-corrected chi connectivity index (χ0v) is 11.8. The lowest BCUT2D eigenvalue weighted by atomic mass is 10.2. The van der Waals surface area contributed by atoms with Gasteiger partial charge in [0, 0.05) is 18.5 Å². The number of pyridine rings is 1. The van der Waals surface area contributed by atoms with Gasteiger partial charge in [-0.1, -0.05) is 6.07 Å². The van der Waals surface area contributed by atoms with E-state index in [2.05, 4.69) is 9.71 Å². The van der Waals surface area contributed by atoms with Crippen molar-refractivity contribution in [2.75, 3.05) is 10.5 Å². The van der Waals surface area contributed by atoms with Gasteiger partial charge in [0.2, 0.25) is 0 Å². The first-order valence-electron chi connectivity index (χ1n) is 5.79. The summed E-state index contributed by atoms with van der Waals surface area (Å²) in [6.07, 6.45) is 2.48. The van der Waals surface area contributed by atoms with Crippen LogP contribution in [0.25, 0.3) is 0 Å². The molecule has 21 heavy (non-hydrogen) atoms. The second-order valence-electron chi connectivity index (χ2n) is 4.23. The average Bonchev–Trinajstić information content (AvgIpc) is 2.41. The summed E-state index contributed by atoms with van der Waals surface area (Å²) in [5.74, 6) is 0. The molecule has 0 bridgehead atoms. The number of anilines is 2. The van der Waals surface area contributed by atoms with Gasteiger partial charge in [-0.25, -0.2) is 8.42 Å². The predicted octanol–water partition coefficient (Wildman–Crippen LogP) is 1.68. The molecule has 9 heteroatoms. The molecule has 0 aliphatic heterocycles. The fourth-order valence-corrected chi connectivity index (χ4v) is 2.95. The Morgan fingerprint density at radius 3 is 2.67 bits per heavy atom. The number of aromatic nitrogens is 1. The summed E-state index contributed by atoms with van der Waals surface area (Å²) in [6, 6.07) is 5.49. The minimum Gasteiger partial charge on any atom is -0.398 e. The molecule has 0 radical (unpaired) electrons. The van der Waals surface area contributed by atoms with E-state index in [1.807, 2.05) is 0 Å². The molecule has 1 heterocycles. The first kappa shape index (κ1) is 14.7. The largest absolute Gasteiger partial charge is 0.398 e. The van der Waals surface area contributed by atoms with E-state index in [1.165, 1.54) is 37.4 Å². The number of hydrogen-bond donors (Lipinski definition) is 2. The SMILES string of the molecule is Cc1c(NS(=O)(=O)c2cnccc2N)cccc1[N+](=O)[O-]. The van der Waals surface area contributed by atoms with E-state index < -0.39 is 14.9 Å². The molecule has 0 amide bonds. The minimum absolute atomic E-state index is 0.0422. The smallest absolute Gasteiger partial charge is 0.274 e. The molecule has 3 N–H and O–H groups in total. The van der Waals surface area contributed by atoms with Crippen LogP contribution in [0.5, 0.6) is 0 Å². The number of nitrogens with one attached hydrogen (secondary N) is 1. The standard InChI is InChI=1S/C12H12N4O4S/c1-8-10(3-2-4-11(8)16(17)18)15-21(19,20)12-7-14-6-5-9(12)13/h2-7,15H,1H3,(H2,13,14). The Morgan fingerprint density at radius 1 is 1.33 bits per heavy atom. The van der Waals surface area contributed by atoms with E-state index >= 15 is 0 Å². The van der Waals surface area contributed by atoms with Crippen LogP contribution >= 0.6 is 0 Å². The van der Waals surface area contributed by atoms with Crippen LogP contribution in [-0.2, 0) is 10.0 Å². The van der Waals surface area contributed by atoms with Crippen molar-refractivity contribution in [2.45, 2.75) is 11.8 Å². The Bertz CT molecular complexity index is 805. The number of nitrogens with two attached hydrogens (primary N) is 1. The third-order valence-electron chi connectivity index (χ3n) is 2.85. The van der Waals surface area contributed by atoms with Gasteiger partial charge in [0.1, 0.15) is 4.90 Å². The Kier molecular flexibility index (Phi) is 3.76. The number of nitrogens with zero attached hydrogens (tertiary/aromatic N) is 2. The van der Waals surface area contributed by atoms with E-state index in [4.69, 9.17) is 5.73 Å². The average molecular weight is 308 g/mol. The van der Waals surface area contributed by atoms with Crippen molar-refractivity contribution in [1.29, 1.82) is 0 Å². The maximum Gasteiger partial charge on any atom is 0.274 e. The summed E-state index contributed by atoms with van der Waals surface area (Å²) in [6.45, 7) is 1.46. The van der Waals surface area contributed by atoms with Gasteiger partial charge >= 0.3 is 0 Å². The quantitative estimate of drug-likeness (QED) is 0.653. The number of sulfonamides is 1. The van der Waals surface area contributed by atoms with Crippen molar-refractivity contribution in [3.05, 3.63) is 52.3 Å². The highest BCUT2D eigenvalue weighted by molar-refractivity contribution is 7.92. The van der Waals surface area contributed by atoms with Gasteiger partial charge in [-0.15, -0.1) is 0 Å². The maximum atomic E-state index is 12.3. The van der Waals surface area contributed by atoms with Crippen LogP contribution in [0.15, 0.2) is 41.6 Å². The van der Waals surface area contributed by atoms with E-state index in [9.17, 15) is 18.5 Å². The van der Waals surface area contributed by atoms with Crippen LogP contribution in [0.1, 0.15) is 5.56 Å². The van der Waals surface area contributed by atoms with Crippen LogP contribution in [-0.4, -0.2) is 18.3 Å². The molecular weight excluding hydrogens is 296 g/mol. The van der Waals surface area contributed by atoms with Gasteiger partial charge in [0.25, 0.3) is 15.7 Å². The highest BCUT2D eigenvalue weighted by Gasteiger charge is 2.21. The molecule has 0 aliphatic rings. The molecule has 0 saturated carbocycles. The first-order valence-corrected chi connectivity index (χ1v) is 7.27. The lowest BCUT2D eigenvalue weighted by molar-refractivity contribution is -0.385. The highest BCUT2D eigenvalue weighted by Crippen LogP contribution is 2.28. The summed E-state index contributed by atoms with van der Waals surface area (Å²) in [7, 11) is -3.97. The molecule has 110 valence electrons. The maximum absolute atomic E-state index is 12.3. The molecule has 0 saturated heterocycles. The van der Waals surface area contributed by atoms with E-state index in [0.29, 0.717) is 0 Å². The summed E-state index contributed by atoms with van der Waals surface area (Å²) >= 11 is 0. The third kappa shape index (κ3) is 2.92. The van der Waals surface area contributed by atoms with Gasteiger partial charge < -0.3 is 5.73 Å². The lowest BCUT2D eigenvalue weighted by Crippen LogP contribution is -2.16. The second-order valence-corrected chi connectivity index (χ2v) is 5.88. The van der Waals surface area contributed by atoms with Crippen molar-refractivity contribution in [3.63, 3.8) is 0 Å². The van der Waals surface area contributed by atoms with Crippen molar-refractivity contribution in [3.8, 4) is 0 Å². The van der Waals surface area contributed by atoms with E-state index in [-0.39, 0.29) is 27.5 Å². The number of nitro groups is 1. The monoisotopic (exact) mass is 308 g/mol. The minimum atomic E-state index is -3.97. The number of rotatable bonds is 4. The number of benzene rings is 1. The Labute approximate surface area is 120 Å². The molecule has 0 unspecified atom stereocenters. The molecule has 2 rings (SSSR count). The molecule has 8 nitrogen and oxygen atoms in total. The van der Waals surface area contributed by atoms with Crippen molar-refractivity contribution in [1.82, 2.24) is 4.98 Å². The van der Waals surface area contributed by atoms with Gasteiger partial charge in [0.05, 0.1) is 21.9 Å². The lowest BCUT2D eigenvalue weighted by Gasteiger charge is -2.11. The second kappa shape index (κ2) is 5.37. The molecule has 0 spiro atoms. The topological polar surface area (TPSA) is 128 Å². The Hall–Kier alpha value is -2.68. The predicted molar refractivity (Wildman–Crippen MR) is 77.3 cm³/mol. The van der Waals surface area contributed by atoms with Crippen LogP contribution in [0.4, 0.5) is 17.1 Å². The van der Waals surface area contributed by atoms with Gasteiger partial charge in [-0.3, -0.25) is 19.8 Å². The molecule has 0 aliphatic carbocycles. The number of hydrogen-bond acceptors (Lipinski definition) is 6. The third-order valence-corrected chi connectivity index (χ3v) is 4.26. The summed E-state index contributed by atoms with van der Waals surface area (Å²) in [5, 5.41) is 10.9. The summed E-state index contributed by atoms with van der Waals surface area (Å²) in [4.78, 5) is 13.8. The number of nitrogen functional groups attached to an aromatic ring is 1. The molecular formula is C12H12N4O4S. The summed E-state index contributed by atoms with van der Waals surface area (Å²) in [5.41, 5.74) is 5.81. The fraction of sp³-hybridized carbons (Fsp3) is 0.0833. The Balaban J connectivity index is 2.45. The highest BCUT2D eigenvalue weighted by atomic mass is 32.2. The van der Waals surface area contributed by atoms with Crippen LogP contribution in [0.3, 0.4) is 0 Å². The van der Waals surface area contributed by atoms with Crippen LogP contribution in [0, 0.1) is 17.0 Å². The van der Waals surface area contributed by atoms with Gasteiger partial charge in [0.15, 0.2) is 0 Å². The first-order chi connectivity index (χ1) is 9.83. The molecule has 0 fully saturated rings. The van der Waals surface area contributed by atoms with Crippen LogP contribution in [0.2, 0.25) is 0 Å². The van der Waals surface area contributed by atoms with Crippen LogP contribution < -0.4 is 10.5 Å². The number of nitro benzene ring substituents is 1. The van der Waals surface area contributed by atoms with Crippen molar-refractivity contribution in [2.24, 2.45) is 0 Å². The van der Waals surface area contributed by atoms with Crippen molar-refractivity contribution >= 4 is 27.1 Å². The van der Waals surface area contributed by atoms with Gasteiger partial charge in [-0.2, -0.15) is 0 Å². The van der Waals surface area contributed by atoms with E-state index in [0.717, 1.165) is 6.20 Å². The molecule has 0 atom stereocenters. The molecule has 1 aromatic carbocycles. The zero-order chi connectivity index (χ0) is 15.6. The van der Waals surface area contributed by atoms with E-state index in [1.54, 1.807) is 0 Å². The molecule has 2 aromatic rings. The Morgan fingerprint density at radius 2 is 2.05 bits per heavy atom. The van der Waals surface area contributed by atoms with Crippen molar-refractivity contribution < 1.29 is 13.3 Å². The molecule has 1 aromatic heterocycles. The summed E-state index contributed by atoms with van der Waals surface area (Å²) < 4.78 is 26.8. The normalized spacial score (nSPS) is 11.1. The van der Waals surface area contributed by atoms with Gasteiger partial charge in [-0.05, 0) is 19.1 Å².